The van der Waals surface area contributed by atoms with Gasteiger partial charge in [0, 0.05) is 27.4 Å². The average molecular weight is 352 g/mol. The fourth-order valence-electron chi connectivity index (χ4n) is 1.39. The van der Waals surface area contributed by atoms with Crippen LogP contribution in [0.2, 0.25) is 0 Å². The lowest BCUT2D eigenvalue weighted by Gasteiger charge is -2.15. The van der Waals surface area contributed by atoms with Crippen LogP contribution in [-0.2, 0) is 9.84 Å². The number of halogens is 1. The SMILES string of the molecule is CNC(CCS(C)(=O)=O)CSc1ccc(Br)cc1. The zero-order valence-corrected chi connectivity index (χ0v) is 13.7. The second-order valence-corrected chi connectivity index (χ2v) is 8.44. The van der Waals surface area contributed by atoms with E-state index in [0.717, 1.165) is 10.2 Å². The van der Waals surface area contributed by atoms with Crippen LogP contribution in [0.1, 0.15) is 6.42 Å². The topological polar surface area (TPSA) is 46.2 Å². The van der Waals surface area contributed by atoms with Gasteiger partial charge in [0.1, 0.15) is 9.84 Å². The molecule has 0 bridgehead atoms. The molecule has 18 heavy (non-hydrogen) atoms. The summed E-state index contributed by atoms with van der Waals surface area (Å²) in [4.78, 5) is 1.19. The molecule has 0 aliphatic carbocycles. The Kier molecular flexibility index (Phi) is 6.70. The largest absolute Gasteiger partial charge is 0.316 e. The highest BCUT2D eigenvalue weighted by atomic mass is 79.9. The van der Waals surface area contributed by atoms with Crippen LogP contribution >= 0.6 is 27.7 Å². The summed E-state index contributed by atoms with van der Waals surface area (Å²) in [6.45, 7) is 0. The van der Waals surface area contributed by atoms with E-state index in [0.29, 0.717) is 6.42 Å². The van der Waals surface area contributed by atoms with E-state index in [1.165, 1.54) is 11.2 Å². The zero-order chi connectivity index (χ0) is 13.6. The van der Waals surface area contributed by atoms with E-state index in [9.17, 15) is 8.42 Å². The van der Waals surface area contributed by atoms with Crippen molar-refractivity contribution < 1.29 is 8.42 Å². The Balaban J connectivity index is 2.42. The quantitative estimate of drug-likeness (QED) is 0.766. The van der Waals surface area contributed by atoms with Gasteiger partial charge >= 0.3 is 0 Å². The van der Waals surface area contributed by atoms with Crippen molar-refractivity contribution in [1.82, 2.24) is 5.32 Å². The molecular weight excluding hydrogens is 334 g/mol. The van der Waals surface area contributed by atoms with E-state index in [1.54, 1.807) is 11.8 Å². The number of sulfone groups is 1. The number of hydrogen-bond acceptors (Lipinski definition) is 4. The smallest absolute Gasteiger partial charge is 0.147 e. The van der Waals surface area contributed by atoms with Crippen molar-refractivity contribution >= 4 is 37.5 Å². The van der Waals surface area contributed by atoms with Crippen molar-refractivity contribution in [2.75, 3.05) is 24.8 Å². The second-order valence-electron chi connectivity index (χ2n) is 4.17. The van der Waals surface area contributed by atoms with Crippen molar-refractivity contribution in [3.8, 4) is 0 Å². The number of rotatable bonds is 7. The Hall–Kier alpha value is -0.0400. The Morgan fingerprint density at radius 1 is 1.33 bits per heavy atom. The van der Waals surface area contributed by atoms with Gasteiger partial charge in [0.2, 0.25) is 0 Å². The number of benzene rings is 1. The molecule has 0 heterocycles. The minimum Gasteiger partial charge on any atom is -0.316 e. The number of nitrogens with one attached hydrogen (secondary N) is 1. The van der Waals surface area contributed by atoms with Gasteiger partial charge in [-0.15, -0.1) is 11.8 Å². The molecule has 1 rings (SSSR count). The van der Waals surface area contributed by atoms with Gasteiger partial charge in [0.15, 0.2) is 0 Å². The summed E-state index contributed by atoms with van der Waals surface area (Å²) in [5, 5.41) is 3.16. The highest BCUT2D eigenvalue weighted by Crippen LogP contribution is 2.21. The van der Waals surface area contributed by atoms with Crippen LogP contribution in [0.4, 0.5) is 0 Å². The molecule has 0 saturated carbocycles. The molecule has 0 spiro atoms. The summed E-state index contributed by atoms with van der Waals surface area (Å²) in [7, 11) is -1.00. The van der Waals surface area contributed by atoms with Crippen LogP contribution in [-0.4, -0.2) is 39.3 Å². The lowest BCUT2D eigenvalue weighted by atomic mass is 10.3. The highest BCUT2D eigenvalue weighted by Gasteiger charge is 2.10. The molecule has 0 aromatic heterocycles. The van der Waals surface area contributed by atoms with Crippen molar-refractivity contribution in [2.45, 2.75) is 17.4 Å². The van der Waals surface area contributed by atoms with Gasteiger partial charge in [-0.25, -0.2) is 8.42 Å². The first-order chi connectivity index (χ1) is 8.40. The lowest BCUT2D eigenvalue weighted by Crippen LogP contribution is -2.30. The Labute approximate surface area is 122 Å². The molecular formula is C12H18BrNO2S2. The van der Waals surface area contributed by atoms with Gasteiger partial charge in [-0.3, -0.25) is 0 Å². The Bertz CT molecular complexity index is 459. The third-order valence-electron chi connectivity index (χ3n) is 2.51. The highest BCUT2D eigenvalue weighted by molar-refractivity contribution is 9.10. The van der Waals surface area contributed by atoms with Crippen LogP contribution in [0.15, 0.2) is 33.6 Å². The van der Waals surface area contributed by atoms with Gasteiger partial charge in [0.05, 0.1) is 5.75 Å². The average Bonchev–Trinajstić information content (AvgIpc) is 2.30. The predicted octanol–water partition coefficient (Wildman–Crippen LogP) is 2.56. The van der Waals surface area contributed by atoms with E-state index in [4.69, 9.17) is 0 Å². The normalized spacial score (nSPS) is 13.5. The Morgan fingerprint density at radius 2 is 1.94 bits per heavy atom. The van der Waals surface area contributed by atoms with E-state index >= 15 is 0 Å². The lowest BCUT2D eigenvalue weighted by molar-refractivity contribution is 0.573. The molecule has 0 aliphatic heterocycles. The third kappa shape index (κ3) is 6.78. The molecule has 1 unspecified atom stereocenters. The molecule has 0 amide bonds. The molecule has 0 aliphatic rings. The van der Waals surface area contributed by atoms with E-state index in [-0.39, 0.29) is 11.8 Å². The van der Waals surface area contributed by atoms with Crippen molar-refractivity contribution in [3.63, 3.8) is 0 Å². The van der Waals surface area contributed by atoms with Gasteiger partial charge in [-0.1, -0.05) is 15.9 Å². The molecule has 3 nitrogen and oxygen atoms in total. The van der Waals surface area contributed by atoms with Crippen molar-refractivity contribution in [2.24, 2.45) is 0 Å². The van der Waals surface area contributed by atoms with Gasteiger partial charge in [-0.2, -0.15) is 0 Å². The monoisotopic (exact) mass is 351 g/mol. The number of hydrogen-bond donors (Lipinski definition) is 1. The van der Waals surface area contributed by atoms with Crippen LogP contribution in [0.3, 0.4) is 0 Å². The van der Waals surface area contributed by atoms with Gasteiger partial charge in [0.25, 0.3) is 0 Å². The molecule has 102 valence electrons. The maximum Gasteiger partial charge on any atom is 0.147 e. The van der Waals surface area contributed by atoms with Gasteiger partial charge in [-0.05, 0) is 37.7 Å². The van der Waals surface area contributed by atoms with Crippen LogP contribution in [0, 0.1) is 0 Å². The molecule has 1 atom stereocenters. The summed E-state index contributed by atoms with van der Waals surface area (Å²) in [6, 6.07) is 8.34. The minimum absolute atomic E-state index is 0.216. The maximum absolute atomic E-state index is 11.1. The van der Waals surface area contributed by atoms with E-state index in [1.807, 2.05) is 19.2 Å². The van der Waals surface area contributed by atoms with Crippen molar-refractivity contribution in [3.05, 3.63) is 28.7 Å². The van der Waals surface area contributed by atoms with Crippen molar-refractivity contribution in [1.29, 1.82) is 0 Å². The third-order valence-corrected chi connectivity index (χ3v) is 5.19. The first-order valence-corrected chi connectivity index (χ1v) is 9.48. The molecule has 1 aromatic rings. The van der Waals surface area contributed by atoms with Crippen LogP contribution < -0.4 is 5.32 Å². The molecule has 0 fully saturated rings. The fourth-order valence-corrected chi connectivity index (χ4v) is 3.43. The predicted molar refractivity (Wildman–Crippen MR) is 82.0 cm³/mol. The molecule has 1 N–H and O–H groups in total. The number of thioether (sulfide) groups is 1. The second kappa shape index (κ2) is 7.53. The van der Waals surface area contributed by atoms with Crippen LogP contribution in [0.5, 0.6) is 0 Å². The summed E-state index contributed by atoms with van der Waals surface area (Å²) in [5.74, 6) is 1.10. The first kappa shape index (κ1) is 16.0. The van der Waals surface area contributed by atoms with E-state index < -0.39 is 9.84 Å². The van der Waals surface area contributed by atoms with Gasteiger partial charge < -0.3 is 5.32 Å². The first-order valence-electron chi connectivity index (χ1n) is 5.64. The zero-order valence-electron chi connectivity index (χ0n) is 10.5. The van der Waals surface area contributed by atoms with E-state index in [2.05, 4.69) is 33.4 Å². The summed E-state index contributed by atoms with van der Waals surface area (Å²) >= 11 is 5.13. The fraction of sp³-hybridized carbons (Fsp3) is 0.500. The minimum atomic E-state index is -2.87. The molecule has 6 heteroatoms. The molecule has 1 aromatic carbocycles. The molecule has 0 radical (unpaired) electrons. The summed E-state index contributed by atoms with van der Waals surface area (Å²) in [6.07, 6.45) is 1.93. The molecule has 0 saturated heterocycles. The Morgan fingerprint density at radius 3 is 2.44 bits per heavy atom. The summed E-state index contributed by atoms with van der Waals surface area (Å²) < 4.78 is 23.3. The standard InChI is InChI=1S/C12H18BrNO2S2/c1-14-11(7-8-18(2,15)16)9-17-12-5-3-10(13)4-6-12/h3-6,11,14H,7-9H2,1-2H3. The maximum atomic E-state index is 11.1. The summed E-state index contributed by atoms with van der Waals surface area (Å²) in [5.41, 5.74) is 0. The van der Waals surface area contributed by atoms with Crippen LogP contribution in [0.25, 0.3) is 0 Å².